The number of rotatable bonds is 9. The van der Waals surface area contributed by atoms with Gasteiger partial charge in [-0.15, -0.1) is 11.8 Å². The predicted molar refractivity (Wildman–Crippen MR) is 159 cm³/mol. The van der Waals surface area contributed by atoms with Gasteiger partial charge in [0.05, 0.1) is 16.5 Å². The van der Waals surface area contributed by atoms with E-state index in [-0.39, 0.29) is 22.9 Å². The van der Waals surface area contributed by atoms with Crippen LogP contribution in [0.5, 0.6) is 0 Å². The summed E-state index contributed by atoms with van der Waals surface area (Å²) in [6.45, 7) is 0. The zero-order valence-corrected chi connectivity index (χ0v) is 23.1. The average Bonchev–Trinajstić information content (AvgIpc) is 2.95. The molecule has 6 nitrogen and oxygen atoms in total. The number of nitrogens with one attached hydrogen (secondary N) is 3. The van der Waals surface area contributed by atoms with Crippen LogP contribution in [0.1, 0.15) is 15.9 Å². The van der Waals surface area contributed by atoms with Gasteiger partial charge in [0.1, 0.15) is 11.5 Å². The number of halogens is 3. The molecule has 0 radical (unpaired) electrons. The van der Waals surface area contributed by atoms with Crippen molar-refractivity contribution in [3.63, 3.8) is 0 Å². The van der Waals surface area contributed by atoms with Crippen molar-refractivity contribution in [3.8, 4) is 0 Å². The van der Waals surface area contributed by atoms with Gasteiger partial charge in [-0.25, -0.2) is 4.39 Å². The molecule has 0 saturated heterocycles. The molecule has 3 N–H and O–H groups in total. The average molecular weight is 594 g/mol. The van der Waals surface area contributed by atoms with Crippen molar-refractivity contribution < 1.29 is 18.8 Å². The molecule has 4 aromatic rings. The van der Waals surface area contributed by atoms with Crippen LogP contribution in [0.25, 0.3) is 6.08 Å². The number of benzene rings is 4. The number of hydrogen-bond donors (Lipinski definition) is 3. The fourth-order valence-corrected chi connectivity index (χ4v) is 4.49. The quantitative estimate of drug-likeness (QED) is 0.141. The van der Waals surface area contributed by atoms with Crippen LogP contribution in [0.4, 0.5) is 15.8 Å². The number of hydrogen-bond acceptors (Lipinski definition) is 4. The second-order valence-corrected chi connectivity index (χ2v) is 10.2. The molecule has 0 unspecified atom stereocenters. The zero-order valence-electron chi connectivity index (χ0n) is 20.8. The Hall–Kier alpha value is -4.11. The maximum atomic E-state index is 14.3. The highest BCUT2D eigenvalue weighted by Crippen LogP contribution is 2.26. The SMILES string of the molecule is O=C(CSc1ccc(NC(=O)/C(=C/c2ccccc2F)NC(=O)c2ccccc2)cc1)Nc1cc(Cl)ccc1Cl. The van der Waals surface area contributed by atoms with E-state index in [1.54, 1.807) is 78.9 Å². The van der Waals surface area contributed by atoms with Gasteiger partial charge in [0.15, 0.2) is 0 Å². The molecular formula is C30H22Cl2FN3O3S. The third-order valence-electron chi connectivity index (χ3n) is 5.42. The van der Waals surface area contributed by atoms with E-state index >= 15 is 0 Å². The molecule has 0 aliphatic carbocycles. The molecule has 4 aromatic carbocycles. The molecule has 0 saturated carbocycles. The highest BCUT2D eigenvalue weighted by molar-refractivity contribution is 8.00. The lowest BCUT2D eigenvalue weighted by Gasteiger charge is -2.12. The van der Waals surface area contributed by atoms with Crippen molar-refractivity contribution in [2.75, 3.05) is 16.4 Å². The van der Waals surface area contributed by atoms with Crippen LogP contribution in [0.3, 0.4) is 0 Å². The van der Waals surface area contributed by atoms with E-state index in [4.69, 9.17) is 23.2 Å². The van der Waals surface area contributed by atoms with E-state index in [0.717, 1.165) is 4.90 Å². The van der Waals surface area contributed by atoms with E-state index in [9.17, 15) is 18.8 Å². The summed E-state index contributed by atoms with van der Waals surface area (Å²) in [5, 5.41) is 8.85. The van der Waals surface area contributed by atoms with Crippen LogP contribution < -0.4 is 16.0 Å². The van der Waals surface area contributed by atoms with E-state index in [1.807, 2.05) is 0 Å². The van der Waals surface area contributed by atoms with Crippen LogP contribution in [-0.4, -0.2) is 23.5 Å². The lowest BCUT2D eigenvalue weighted by atomic mass is 10.1. The Balaban J connectivity index is 1.41. The van der Waals surface area contributed by atoms with Crippen LogP contribution in [-0.2, 0) is 9.59 Å². The van der Waals surface area contributed by atoms with Crippen LogP contribution in [0.2, 0.25) is 10.0 Å². The van der Waals surface area contributed by atoms with Gasteiger partial charge in [-0.2, -0.15) is 0 Å². The normalized spacial score (nSPS) is 11.0. The lowest BCUT2D eigenvalue weighted by molar-refractivity contribution is -0.114. The topological polar surface area (TPSA) is 87.3 Å². The number of anilines is 2. The number of thioether (sulfide) groups is 1. The molecule has 40 heavy (non-hydrogen) atoms. The Kier molecular flexibility index (Phi) is 9.96. The predicted octanol–water partition coefficient (Wildman–Crippen LogP) is 7.27. The molecule has 0 fully saturated rings. The third kappa shape index (κ3) is 8.19. The largest absolute Gasteiger partial charge is 0.324 e. The highest BCUT2D eigenvalue weighted by atomic mass is 35.5. The van der Waals surface area contributed by atoms with E-state index in [1.165, 1.54) is 36.0 Å². The molecule has 10 heteroatoms. The van der Waals surface area contributed by atoms with Gasteiger partial charge in [0, 0.05) is 26.7 Å². The Morgan fingerprint density at radius 1 is 0.825 bits per heavy atom. The summed E-state index contributed by atoms with van der Waals surface area (Å²) in [5.41, 5.74) is 1.23. The van der Waals surface area contributed by atoms with E-state index in [2.05, 4.69) is 16.0 Å². The molecule has 0 aromatic heterocycles. The van der Waals surface area contributed by atoms with Gasteiger partial charge in [0.2, 0.25) is 5.91 Å². The lowest BCUT2D eigenvalue weighted by Crippen LogP contribution is -2.30. The van der Waals surface area contributed by atoms with Crippen LogP contribution >= 0.6 is 35.0 Å². The molecule has 0 heterocycles. The van der Waals surface area contributed by atoms with Gasteiger partial charge >= 0.3 is 0 Å². The second kappa shape index (κ2) is 13.8. The van der Waals surface area contributed by atoms with Crippen molar-refractivity contribution >= 4 is 70.1 Å². The summed E-state index contributed by atoms with van der Waals surface area (Å²) in [4.78, 5) is 39.0. The summed E-state index contributed by atoms with van der Waals surface area (Å²) >= 11 is 13.3. The first-order chi connectivity index (χ1) is 19.3. The zero-order chi connectivity index (χ0) is 28.5. The minimum Gasteiger partial charge on any atom is -0.324 e. The maximum Gasteiger partial charge on any atom is 0.272 e. The Morgan fingerprint density at radius 2 is 1.52 bits per heavy atom. The first-order valence-electron chi connectivity index (χ1n) is 11.9. The number of amides is 3. The smallest absolute Gasteiger partial charge is 0.272 e. The summed E-state index contributed by atoms with van der Waals surface area (Å²) in [6, 6.07) is 25.9. The summed E-state index contributed by atoms with van der Waals surface area (Å²) < 4.78 is 14.3. The minimum absolute atomic E-state index is 0.121. The van der Waals surface area contributed by atoms with E-state index in [0.29, 0.717) is 27.0 Å². The highest BCUT2D eigenvalue weighted by Gasteiger charge is 2.16. The fraction of sp³-hybridized carbons (Fsp3) is 0.0333. The van der Waals surface area contributed by atoms with Crippen molar-refractivity contribution in [1.29, 1.82) is 0 Å². The first kappa shape index (κ1) is 28.9. The molecule has 4 rings (SSSR count). The minimum atomic E-state index is -0.634. The molecular weight excluding hydrogens is 572 g/mol. The number of carbonyl (C=O) groups is 3. The maximum absolute atomic E-state index is 14.3. The molecule has 202 valence electrons. The van der Waals surface area contributed by atoms with Crippen LogP contribution in [0.15, 0.2) is 108 Å². The Labute approximate surface area is 244 Å². The van der Waals surface area contributed by atoms with Crippen molar-refractivity contribution in [2.24, 2.45) is 0 Å². The van der Waals surface area contributed by atoms with Gasteiger partial charge in [0.25, 0.3) is 11.8 Å². The van der Waals surface area contributed by atoms with Gasteiger partial charge < -0.3 is 16.0 Å². The molecule has 0 bridgehead atoms. The molecule has 0 aliphatic rings. The summed E-state index contributed by atoms with van der Waals surface area (Å²) in [5.74, 6) is -1.82. The first-order valence-corrected chi connectivity index (χ1v) is 13.6. The van der Waals surface area contributed by atoms with Gasteiger partial charge in [-0.05, 0) is 66.7 Å². The number of carbonyl (C=O) groups excluding carboxylic acids is 3. The molecule has 3 amide bonds. The Morgan fingerprint density at radius 3 is 2.25 bits per heavy atom. The third-order valence-corrected chi connectivity index (χ3v) is 7.00. The van der Waals surface area contributed by atoms with Crippen molar-refractivity contribution in [2.45, 2.75) is 4.90 Å². The van der Waals surface area contributed by atoms with Crippen molar-refractivity contribution in [3.05, 3.63) is 130 Å². The van der Waals surface area contributed by atoms with Crippen LogP contribution in [0, 0.1) is 5.82 Å². The van der Waals surface area contributed by atoms with Gasteiger partial charge in [-0.1, -0.05) is 59.6 Å². The van der Waals surface area contributed by atoms with Gasteiger partial charge in [-0.3, -0.25) is 14.4 Å². The Bertz CT molecular complexity index is 1560. The van der Waals surface area contributed by atoms with E-state index < -0.39 is 17.6 Å². The second-order valence-electron chi connectivity index (χ2n) is 8.34. The molecule has 0 atom stereocenters. The fourth-order valence-electron chi connectivity index (χ4n) is 3.45. The standard InChI is InChI=1S/C30H22Cl2FN3O3S/c31-21-10-15-24(32)26(17-21)35-28(37)18-40-23-13-11-22(12-14-23)34-30(39)27(16-20-8-4-5-9-25(20)33)36-29(38)19-6-2-1-3-7-19/h1-17H,18H2,(H,34,39)(H,35,37)(H,36,38)/b27-16-. The monoisotopic (exact) mass is 593 g/mol. The molecule has 0 aliphatic heterocycles. The summed E-state index contributed by atoms with van der Waals surface area (Å²) in [7, 11) is 0. The summed E-state index contributed by atoms with van der Waals surface area (Å²) in [6.07, 6.45) is 1.28. The molecule has 0 spiro atoms. The van der Waals surface area contributed by atoms with Crippen molar-refractivity contribution in [1.82, 2.24) is 5.32 Å².